The number of nitrogens with zero attached hydrogens (tertiary/aromatic N) is 2. The van der Waals surface area contributed by atoms with E-state index in [1.807, 2.05) is 4.68 Å². The van der Waals surface area contributed by atoms with Crippen LogP contribution in [-0.4, -0.2) is 22.0 Å². The molecule has 0 bridgehead atoms. The molecule has 4 heteroatoms. The number of aryl methyl sites for hydroxylation is 1. The Morgan fingerprint density at radius 3 is 2.94 bits per heavy atom. The number of ether oxygens (including phenoxy) is 1. The van der Waals surface area contributed by atoms with Crippen molar-refractivity contribution in [3.05, 3.63) is 11.9 Å². The van der Waals surface area contributed by atoms with E-state index >= 15 is 0 Å². The largest absolute Gasteiger partial charge is 0.493 e. The number of rotatable bonds is 4. The van der Waals surface area contributed by atoms with Crippen LogP contribution in [0, 0.1) is 5.92 Å². The van der Waals surface area contributed by atoms with E-state index < -0.39 is 5.60 Å². The number of hydrogen-bond donors (Lipinski definition) is 1. The van der Waals surface area contributed by atoms with Crippen molar-refractivity contribution in [1.29, 1.82) is 0 Å². The summed E-state index contributed by atoms with van der Waals surface area (Å²) in [5.74, 6) is 0.979. The summed E-state index contributed by atoms with van der Waals surface area (Å²) in [7, 11) is 1.65. The summed E-state index contributed by atoms with van der Waals surface area (Å²) in [6.07, 6.45) is 6.87. The van der Waals surface area contributed by atoms with E-state index in [1.165, 1.54) is 6.42 Å². The number of hydrogen-bond acceptors (Lipinski definition) is 3. The predicted molar refractivity (Wildman–Crippen MR) is 70.6 cm³/mol. The molecule has 1 aliphatic carbocycles. The second-order valence-electron chi connectivity index (χ2n) is 5.36. The molecule has 0 aromatic carbocycles. The molecule has 1 aromatic rings. The lowest BCUT2D eigenvalue weighted by Gasteiger charge is -2.38. The molecular weight excluding hydrogens is 228 g/mol. The van der Waals surface area contributed by atoms with Crippen molar-refractivity contribution >= 4 is 0 Å². The highest BCUT2D eigenvalue weighted by Crippen LogP contribution is 2.44. The van der Waals surface area contributed by atoms with Crippen molar-refractivity contribution in [3.8, 4) is 5.75 Å². The van der Waals surface area contributed by atoms with Gasteiger partial charge in [-0.1, -0.05) is 26.7 Å². The summed E-state index contributed by atoms with van der Waals surface area (Å²) < 4.78 is 7.31. The van der Waals surface area contributed by atoms with Gasteiger partial charge >= 0.3 is 0 Å². The van der Waals surface area contributed by atoms with E-state index in [-0.39, 0.29) is 5.92 Å². The lowest BCUT2D eigenvalue weighted by atomic mass is 9.74. The average molecular weight is 252 g/mol. The van der Waals surface area contributed by atoms with Crippen molar-refractivity contribution in [2.45, 2.75) is 58.1 Å². The van der Waals surface area contributed by atoms with E-state index in [0.29, 0.717) is 0 Å². The fourth-order valence-electron chi connectivity index (χ4n) is 3.02. The first-order chi connectivity index (χ1) is 8.63. The van der Waals surface area contributed by atoms with Crippen molar-refractivity contribution in [3.63, 3.8) is 0 Å². The van der Waals surface area contributed by atoms with Gasteiger partial charge in [0.1, 0.15) is 11.3 Å². The second-order valence-corrected chi connectivity index (χ2v) is 5.36. The highest BCUT2D eigenvalue weighted by molar-refractivity contribution is 5.32. The van der Waals surface area contributed by atoms with Crippen LogP contribution in [0.25, 0.3) is 0 Å². The smallest absolute Gasteiger partial charge is 0.162 e. The summed E-state index contributed by atoms with van der Waals surface area (Å²) in [5.41, 5.74) is 0.0916. The third kappa shape index (κ3) is 2.14. The Bertz CT molecular complexity index is 402. The summed E-state index contributed by atoms with van der Waals surface area (Å²) in [6.45, 7) is 5.07. The lowest BCUT2D eigenvalue weighted by Crippen LogP contribution is -2.38. The summed E-state index contributed by atoms with van der Waals surface area (Å²) in [5, 5.41) is 15.4. The first kappa shape index (κ1) is 13.4. The Kier molecular flexibility index (Phi) is 3.95. The lowest BCUT2D eigenvalue weighted by molar-refractivity contribution is -0.0556. The van der Waals surface area contributed by atoms with Gasteiger partial charge in [0.15, 0.2) is 5.75 Å². The van der Waals surface area contributed by atoms with Crippen LogP contribution in [0.4, 0.5) is 0 Å². The molecule has 2 unspecified atom stereocenters. The monoisotopic (exact) mass is 252 g/mol. The van der Waals surface area contributed by atoms with Gasteiger partial charge in [0.2, 0.25) is 0 Å². The van der Waals surface area contributed by atoms with Crippen LogP contribution in [0.3, 0.4) is 0 Å². The zero-order valence-electron chi connectivity index (χ0n) is 11.6. The van der Waals surface area contributed by atoms with Gasteiger partial charge in [0.05, 0.1) is 13.3 Å². The molecule has 18 heavy (non-hydrogen) atoms. The van der Waals surface area contributed by atoms with Crippen LogP contribution in [-0.2, 0) is 12.1 Å². The molecule has 1 aliphatic rings. The Morgan fingerprint density at radius 2 is 2.33 bits per heavy atom. The number of aromatic nitrogens is 2. The normalized spacial score (nSPS) is 28.3. The average Bonchev–Trinajstić information content (AvgIpc) is 2.77. The van der Waals surface area contributed by atoms with Gasteiger partial charge in [0.25, 0.3) is 0 Å². The molecule has 2 atom stereocenters. The molecule has 1 N–H and O–H groups in total. The molecule has 1 fully saturated rings. The van der Waals surface area contributed by atoms with Crippen LogP contribution in [0.5, 0.6) is 5.75 Å². The van der Waals surface area contributed by atoms with Gasteiger partial charge in [0, 0.05) is 6.54 Å². The minimum absolute atomic E-state index is 0.257. The second kappa shape index (κ2) is 5.31. The zero-order valence-corrected chi connectivity index (χ0v) is 11.6. The SMILES string of the molecule is CCCn1ncc(OC)c1C1(O)CCCCC1C. The van der Waals surface area contributed by atoms with E-state index in [0.717, 1.165) is 43.7 Å². The van der Waals surface area contributed by atoms with Crippen LogP contribution in [0.15, 0.2) is 6.20 Å². The molecule has 1 heterocycles. The van der Waals surface area contributed by atoms with Gasteiger partial charge in [-0.25, -0.2) is 0 Å². The number of aliphatic hydroxyl groups is 1. The molecule has 0 aliphatic heterocycles. The Hall–Kier alpha value is -1.03. The fraction of sp³-hybridized carbons (Fsp3) is 0.786. The van der Waals surface area contributed by atoms with Crippen LogP contribution in [0.1, 0.15) is 51.6 Å². The van der Waals surface area contributed by atoms with Gasteiger partial charge in [-0.05, 0) is 25.2 Å². The third-order valence-corrected chi connectivity index (χ3v) is 4.13. The summed E-state index contributed by atoms with van der Waals surface area (Å²) in [6, 6.07) is 0. The van der Waals surface area contributed by atoms with Crippen LogP contribution >= 0.6 is 0 Å². The molecule has 102 valence electrons. The first-order valence-corrected chi connectivity index (χ1v) is 6.96. The first-order valence-electron chi connectivity index (χ1n) is 6.96. The predicted octanol–water partition coefficient (Wildman–Crippen LogP) is 2.70. The topological polar surface area (TPSA) is 47.3 Å². The van der Waals surface area contributed by atoms with E-state index in [4.69, 9.17) is 4.74 Å². The maximum absolute atomic E-state index is 11.1. The van der Waals surface area contributed by atoms with Crippen molar-refractivity contribution in [2.75, 3.05) is 7.11 Å². The standard InChI is InChI=1S/C14H24N2O2/c1-4-9-16-13(12(18-3)10-15-16)14(17)8-6-5-7-11(14)2/h10-11,17H,4-9H2,1-3H3. The Morgan fingerprint density at radius 1 is 1.56 bits per heavy atom. The van der Waals surface area contributed by atoms with Gasteiger partial charge in [-0.15, -0.1) is 0 Å². The highest BCUT2D eigenvalue weighted by atomic mass is 16.5. The van der Waals surface area contributed by atoms with Crippen molar-refractivity contribution < 1.29 is 9.84 Å². The van der Waals surface area contributed by atoms with Crippen molar-refractivity contribution in [1.82, 2.24) is 9.78 Å². The fourth-order valence-corrected chi connectivity index (χ4v) is 3.02. The molecule has 1 saturated carbocycles. The molecule has 4 nitrogen and oxygen atoms in total. The minimum atomic E-state index is -0.782. The molecule has 0 spiro atoms. The van der Waals surface area contributed by atoms with E-state index in [9.17, 15) is 5.11 Å². The van der Waals surface area contributed by atoms with E-state index in [2.05, 4.69) is 18.9 Å². The van der Waals surface area contributed by atoms with Crippen LogP contribution in [0.2, 0.25) is 0 Å². The Balaban J connectivity index is 2.43. The Labute approximate surface area is 109 Å². The summed E-state index contributed by atoms with van der Waals surface area (Å²) in [4.78, 5) is 0. The molecule has 1 aromatic heterocycles. The zero-order chi connectivity index (χ0) is 13.2. The van der Waals surface area contributed by atoms with Crippen LogP contribution < -0.4 is 4.74 Å². The van der Waals surface area contributed by atoms with Gasteiger partial charge in [-0.2, -0.15) is 5.10 Å². The minimum Gasteiger partial charge on any atom is -0.493 e. The van der Waals surface area contributed by atoms with E-state index in [1.54, 1.807) is 13.3 Å². The quantitative estimate of drug-likeness (QED) is 0.896. The molecule has 0 saturated heterocycles. The van der Waals surface area contributed by atoms with Gasteiger partial charge < -0.3 is 9.84 Å². The van der Waals surface area contributed by atoms with Gasteiger partial charge in [-0.3, -0.25) is 4.68 Å². The molecule has 0 radical (unpaired) electrons. The summed E-state index contributed by atoms with van der Waals surface area (Å²) >= 11 is 0. The number of methoxy groups -OCH3 is 1. The molecular formula is C14H24N2O2. The molecule has 2 rings (SSSR count). The van der Waals surface area contributed by atoms with Crippen molar-refractivity contribution in [2.24, 2.45) is 5.92 Å². The highest BCUT2D eigenvalue weighted by Gasteiger charge is 2.42. The molecule has 0 amide bonds. The third-order valence-electron chi connectivity index (χ3n) is 4.13. The maximum Gasteiger partial charge on any atom is 0.162 e. The maximum atomic E-state index is 11.1.